The van der Waals surface area contributed by atoms with Crippen LogP contribution >= 0.6 is 0 Å². The van der Waals surface area contributed by atoms with Crippen molar-refractivity contribution in [1.82, 2.24) is 19.7 Å². The van der Waals surface area contributed by atoms with E-state index in [1.165, 1.54) is 17.3 Å². The van der Waals surface area contributed by atoms with Crippen LogP contribution in [0.4, 0.5) is 0 Å². The molecule has 17 heavy (non-hydrogen) atoms. The van der Waals surface area contributed by atoms with E-state index in [2.05, 4.69) is 10.1 Å². The molecule has 94 valence electrons. The zero-order valence-corrected chi connectivity index (χ0v) is 9.82. The van der Waals surface area contributed by atoms with Crippen molar-refractivity contribution in [2.24, 2.45) is 5.73 Å². The van der Waals surface area contributed by atoms with Gasteiger partial charge in [-0.15, -0.1) is 0 Å². The number of nitrogens with zero attached hydrogens (tertiary/aromatic N) is 4. The fourth-order valence-electron chi connectivity index (χ4n) is 1.77. The predicted octanol–water partition coefficient (Wildman–Crippen LogP) is -1.15. The highest BCUT2D eigenvalue weighted by molar-refractivity contribution is 5.76. The van der Waals surface area contributed by atoms with Crippen LogP contribution in [0.25, 0.3) is 0 Å². The number of aromatic nitrogens is 3. The van der Waals surface area contributed by atoms with Crippen molar-refractivity contribution < 1.29 is 9.53 Å². The van der Waals surface area contributed by atoms with E-state index in [-0.39, 0.29) is 24.6 Å². The molecule has 0 aromatic carbocycles. The second-order valence-electron chi connectivity index (χ2n) is 4.20. The second-order valence-corrected chi connectivity index (χ2v) is 4.20. The lowest BCUT2D eigenvalue weighted by molar-refractivity contribution is -0.140. The van der Waals surface area contributed by atoms with Gasteiger partial charge in [0.15, 0.2) is 0 Å². The lowest BCUT2D eigenvalue weighted by atomic mass is 10.1. The van der Waals surface area contributed by atoms with Crippen molar-refractivity contribution in [3.8, 4) is 0 Å². The van der Waals surface area contributed by atoms with Gasteiger partial charge in [0.1, 0.15) is 19.2 Å². The number of hydrogen-bond acceptors (Lipinski definition) is 5. The molecule has 1 amide bonds. The van der Waals surface area contributed by atoms with E-state index in [1.54, 1.807) is 4.90 Å². The number of amides is 1. The molecule has 1 fully saturated rings. The van der Waals surface area contributed by atoms with E-state index in [1.807, 2.05) is 6.92 Å². The van der Waals surface area contributed by atoms with Crippen LogP contribution in [0.15, 0.2) is 12.7 Å². The third kappa shape index (κ3) is 3.01. The highest BCUT2D eigenvalue weighted by Crippen LogP contribution is 2.08. The normalized spacial score (nSPS) is 22.5. The van der Waals surface area contributed by atoms with Gasteiger partial charge in [-0.1, -0.05) is 0 Å². The van der Waals surface area contributed by atoms with Crippen molar-refractivity contribution in [3.05, 3.63) is 12.7 Å². The molecule has 0 aliphatic carbocycles. The van der Waals surface area contributed by atoms with Gasteiger partial charge in [-0.2, -0.15) is 5.10 Å². The summed E-state index contributed by atoms with van der Waals surface area (Å²) in [6.07, 6.45) is 2.86. The molecule has 7 nitrogen and oxygen atoms in total. The molecule has 2 unspecified atom stereocenters. The predicted molar refractivity (Wildman–Crippen MR) is 60.0 cm³/mol. The largest absolute Gasteiger partial charge is 0.373 e. The van der Waals surface area contributed by atoms with E-state index >= 15 is 0 Å². The highest BCUT2D eigenvalue weighted by atomic mass is 16.5. The Bertz CT molecular complexity index is 365. The van der Waals surface area contributed by atoms with E-state index in [0.717, 1.165) is 0 Å². The van der Waals surface area contributed by atoms with Gasteiger partial charge in [0.2, 0.25) is 5.91 Å². The first kappa shape index (κ1) is 12.0. The Morgan fingerprint density at radius 2 is 2.53 bits per heavy atom. The third-order valence-corrected chi connectivity index (χ3v) is 2.80. The molecule has 2 rings (SSSR count). The topological polar surface area (TPSA) is 86.3 Å². The van der Waals surface area contributed by atoms with E-state index in [0.29, 0.717) is 19.7 Å². The summed E-state index contributed by atoms with van der Waals surface area (Å²) in [5.41, 5.74) is 5.78. The average Bonchev–Trinajstić information content (AvgIpc) is 2.82. The number of rotatable bonds is 3. The molecule has 0 saturated carbocycles. The van der Waals surface area contributed by atoms with Crippen LogP contribution in [-0.4, -0.2) is 57.4 Å². The molecule has 2 atom stereocenters. The first-order chi connectivity index (χ1) is 8.16. The number of nitrogens with two attached hydrogens (primary N) is 1. The number of carbonyl (C=O) groups is 1. The number of ether oxygens (including phenoxy) is 1. The van der Waals surface area contributed by atoms with E-state index in [4.69, 9.17) is 10.5 Å². The van der Waals surface area contributed by atoms with Crippen LogP contribution in [-0.2, 0) is 16.1 Å². The first-order valence-electron chi connectivity index (χ1n) is 5.64. The highest BCUT2D eigenvalue weighted by Gasteiger charge is 2.26. The molecule has 7 heteroatoms. The molecule has 0 radical (unpaired) electrons. The van der Waals surface area contributed by atoms with Gasteiger partial charge in [0, 0.05) is 19.1 Å². The molecular formula is C10H17N5O2. The van der Waals surface area contributed by atoms with Crippen LogP contribution in [0, 0.1) is 0 Å². The first-order valence-corrected chi connectivity index (χ1v) is 5.64. The Morgan fingerprint density at radius 1 is 1.71 bits per heavy atom. The smallest absolute Gasteiger partial charge is 0.244 e. The Balaban J connectivity index is 1.91. The van der Waals surface area contributed by atoms with Gasteiger partial charge in [-0.25, -0.2) is 9.67 Å². The lowest BCUT2D eigenvalue weighted by Crippen LogP contribution is -2.52. The number of hydrogen-bond donors (Lipinski definition) is 1. The van der Waals surface area contributed by atoms with Crippen molar-refractivity contribution in [2.75, 3.05) is 19.7 Å². The summed E-state index contributed by atoms with van der Waals surface area (Å²) in [4.78, 5) is 17.5. The maximum atomic E-state index is 12.0. The summed E-state index contributed by atoms with van der Waals surface area (Å²) in [7, 11) is 0. The molecule has 0 bridgehead atoms. The summed E-state index contributed by atoms with van der Waals surface area (Å²) in [6, 6.07) is -0.0722. The van der Waals surface area contributed by atoms with Crippen LogP contribution in [0.3, 0.4) is 0 Å². The van der Waals surface area contributed by atoms with Gasteiger partial charge < -0.3 is 15.4 Å². The second kappa shape index (κ2) is 5.24. The average molecular weight is 239 g/mol. The minimum absolute atomic E-state index is 0.0180. The molecule has 0 spiro atoms. The number of carbonyl (C=O) groups excluding carboxylic acids is 1. The van der Waals surface area contributed by atoms with Crippen LogP contribution in [0.1, 0.15) is 6.92 Å². The molecule has 2 heterocycles. The van der Waals surface area contributed by atoms with Crippen molar-refractivity contribution in [1.29, 1.82) is 0 Å². The maximum Gasteiger partial charge on any atom is 0.244 e. The van der Waals surface area contributed by atoms with Crippen LogP contribution in [0.5, 0.6) is 0 Å². The van der Waals surface area contributed by atoms with Crippen molar-refractivity contribution >= 4 is 5.91 Å². The Hall–Kier alpha value is -1.47. The van der Waals surface area contributed by atoms with Crippen molar-refractivity contribution in [3.63, 3.8) is 0 Å². The maximum absolute atomic E-state index is 12.0. The molecule has 1 aliphatic heterocycles. The van der Waals surface area contributed by atoms with E-state index < -0.39 is 0 Å². The van der Waals surface area contributed by atoms with Crippen LogP contribution < -0.4 is 5.73 Å². The summed E-state index contributed by atoms with van der Waals surface area (Å²) in [5, 5.41) is 3.91. The van der Waals surface area contributed by atoms with Crippen LogP contribution in [0.2, 0.25) is 0 Å². The Kier molecular flexibility index (Phi) is 3.70. The quantitative estimate of drug-likeness (QED) is 0.720. The van der Waals surface area contributed by atoms with Gasteiger partial charge in [-0.3, -0.25) is 4.79 Å². The van der Waals surface area contributed by atoms with Gasteiger partial charge in [0.05, 0.1) is 12.7 Å². The fraction of sp³-hybridized carbons (Fsp3) is 0.700. The lowest BCUT2D eigenvalue weighted by Gasteiger charge is -2.34. The van der Waals surface area contributed by atoms with Gasteiger partial charge in [0.25, 0.3) is 0 Å². The standard InChI is InChI=1S/C10H17N5O2/c1-8(11)9-4-14(2-3-17-9)10(16)5-15-7-12-6-13-15/h6-9H,2-5,11H2,1H3. The number of morpholine rings is 1. The Morgan fingerprint density at radius 3 is 3.18 bits per heavy atom. The van der Waals surface area contributed by atoms with Gasteiger partial charge >= 0.3 is 0 Å². The molecular weight excluding hydrogens is 222 g/mol. The molecule has 1 saturated heterocycles. The molecule has 2 N–H and O–H groups in total. The molecule has 1 aliphatic rings. The minimum Gasteiger partial charge on any atom is -0.373 e. The zero-order chi connectivity index (χ0) is 12.3. The summed E-state index contributed by atoms with van der Waals surface area (Å²) in [6.45, 7) is 3.79. The zero-order valence-electron chi connectivity index (χ0n) is 9.82. The summed E-state index contributed by atoms with van der Waals surface area (Å²) in [5.74, 6) is 0.0180. The van der Waals surface area contributed by atoms with E-state index in [9.17, 15) is 4.79 Å². The third-order valence-electron chi connectivity index (χ3n) is 2.80. The molecule has 1 aromatic rings. The summed E-state index contributed by atoms with van der Waals surface area (Å²) >= 11 is 0. The summed E-state index contributed by atoms with van der Waals surface area (Å²) < 4.78 is 7.01. The fourth-order valence-corrected chi connectivity index (χ4v) is 1.77. The Labute approximate surface area is 99.5 Å². The molecule has 1 aromatic heterocycles. The van der Waals surface area contributed by atoms with Gasteiger partial charge in [-0.05, 0) is 6.92 Å². The SMILES string of the molecule is CC(N)C1CN(C(=O)Cn2cncn2)CCO1. The minimum atomic E-state index is -0.0801. The monoisotopic (exact) mass is 239 g/mol. The van der Waals surface area contributed by atoms with Crippen molar-refractivity contribution in [2.45, 2.75) is 25.6 Å².